The van der Waals surface area contributed by atoms with Gasteiger partial charge in [-0.2, -0.15) is 4.68 Å². The predicted octanol–water partition coefficient (Wildman–Crippen LogP) is 7.19. The Morgan fingerprint density at radius 3 is 2.15 bits per heavy atom. The van der Waals surface area contributed by atoms with E-state index in [2.05, 4.69) is 5.10 Å². The molecule has 0 radical (unpaired) electrons. The number of hydrogen-bond donors (Lipinski definition) is 0. The molecule has 7 rings (SSSR count). The number of para-hydroxylation sites is 1. The van der Waals surface area contributed by atoms with Gasteiger partial charge < -0.3 is 14.2 Å². The molecule has 47 heavy (non-hydrogen) atoms. The number of carbonyl (C=O) groups excluding carboxylic acids is 3. The zero-order chi connectivity index (χ0) is 32.9. The SMILES string of the molecule is COc1ccc2c(c1)[C@@]1(C[C@@H]1OC(=O)n1nc(N=C(c3ccccc3)c3ccccc3)c3ccccc31)C(=O)N2C(=O)OC(C)(C)C. The maximum absolute atomic E-state index is 14.0. The van der Waals surface area contributed by atoms with Crippen molar-refractivity contribution in [1.82, 2.24) is 9.78 Å². The van der Waals surface area contributed by atoms with Gasteiger partial charge in [0, 0.05) is 22.9 Å². The first-order valence-electron chi connectivity index (χ1n) is 15.2. The highest BCUT2D eigenvalue weighted by molar-refractivity contribution is 6.23. The first-order chi connectivity index (χ1) is 22.6. The second-order valence-electron chi connectivity index (χ2n) is 12.5. The molecule has 0 N–H and O–H groups in total. The molecule has 2 aliphatic rings. The minimum absolute atomic E-state index is 0.188. The summed E-state index contributed by atoms with van der Waals surface area (Å²) in [6, 6.07) is 31.8. The molecule has 1 saturated carbocycles. The molecular formula is C37H32N4O6. The van der Waals surface area contributed by atoms with Crippen LogP contribution in [0.25, 0.3) is 10.9 Å². The molecule has 4 aromatic carbocycles. The summed E-state index contributed by atoms with van der Waals surface area (Å²) in [5.41, 5.74) is 1.81. The van der Waals surface area contributed by atoms with Crippen LogP contribution in [0.15, 0.2) is 108 Å². The fourth-order valence-corrected chi connectivity index (χ4v) is 6.03. The van der Waals surface area contributed by atoms with Gasteiger partial charge in [-0.25, -0.2) is 19.5 Å². The van der Waals surface area contributed by atoms with E-state index in [-0.39, 0.29) is 6.42 Å². The van der Waals surface area contributed by atoms with Crippen molar-refractivity contribution in [2.24, 2.45) is 4.99 Å². The molecule has 1 aliphatic heterocycles. The number of hydrogen-bond acceptors (Lipinski definition) is 8. The van der Waals surface area contributed by atoms with Crippen LogP contribution in [0.4, 0.5) is 21.1 Å². The number of carbonyl (C=O) groups is 3. The second-order valence-corrected chi connectivity index (χ2v) is 12.5. The molecule has 1 aromatic heterocycles. The quantitative estimate of drug-likeness (QED) is 0.189. The van der Waals surface area contributed by atoms with Gasteiger partial charge >= 0.3 is 12.2 Å². The lowest BCUT2D eigenvalue weighted by molar-refractivity contribution is -0.120. The fraction of sp³-hybridized carbons (Fsp3) is 0.216. The van der Waals surface area contributed by atoms with Crippen LogP contribution in [0.1, 0.15) is 43.9 Å². The maximum atomic E-state index is 14.0. The van der Waals surface area contributed by atoms with E-state index in [9.17, 15) is 14.4 Å². The van der Waals surface area contributed by atoms with Gasteiger partial charge in [0.1, 0.15) is 22.9 Å². The molecule has 1 aliphatic carbocycles. The second kappa shape index (κ2) is 11.2. The first-order valence-corrected chi connectivity index (χ1v) is 15.2. The van der Waals surface area contributed by atoms with Crippen molar-refractivity contribution in [3.05, 3.63) is 120 Å². The number of nitrogens with zero attached hydrogens (tertiary/aromatic N) is 4. The Bertz CT molecular complexity index is 2020. The van der Waals surface area contributed by atoms with E-state index < -0.39 is 35.2 Å². The third-order valence-electron chi connectivity index (χ3n) is 8.28. The lowest BCUT2D eigenvalue weighted by atomic mass is 9.97. The van der Waals surface area contributed by atoms with Crippen LogP contribution in [0.2, 0.25) is 0 Å². The molecule has 0 bridgehead atoms. The molecule has 2 amide bonds. The Hall–Kier alpha value is -5.77. The summed E-state index contributed by atoms with van der Waals surface area (Å²) in [5.74, 6) is 0.333. The van der Waals surface area contributed by atoms with Crippen LogP contribution in [0, 0.1) is 0 Å². The summed E-state index contributed by atoms with van der Waals surface area (Å²) in [7, 11) is 1.52. The van der Waals surface area contributed by atoms with Crippen molar-refractivity contribution < 1.29 is 28.6 Å². The third kappa shape index (κ3) is 5.21. The van der Waals surface area contributed by atoms with E-state index in [1.165, 1.54) is 11.8 Å². The number of benzene rings is 4. The van der Waals surface area contributed by atoms with E-state index in [0.717, 1.165) is 16.0 Å². The Morgan fingerprint density at radius 2 is 1.51 bits per heavy atom. The monoisotopic (exact) mass is 628 g/mol. The minimum atomic E-state index is -1.26. The van der Waals surface area contributed by atoms with Gasteiger partial charge in [-0.15, -0.1) is 5.10 Å². The fourth-order valence-electron chi connectivity index (χ4n) is 6.03. The van der Waals surface area contributed by atoms with Crippen molar-refractivity contribution in [1.29, 1.82) is 0 Å². The lowest BCUT2D eigenvalue weighted by Crippen LogP contribution is -2.42. The predicted molar refractivity (Wildman–Crippen MR) is 177 cm³/mol. The smallest absolute Gasteiger partial charge is 0.435 e. The van der Waals surface area contributed by atoms with Crippen LogP contribution in [-0.2, 0) is 19.7 Å². The highest BCUT2D eigenvalue weighted by Gasteiger charge is 2.71. The molecule has 2 heterocycles. The number of methoxy groups -OCH3 is 1. The molecule has 10 heteroatoms. The van der Waals surface area contributed by atoms with Crippen LogP contribution in [0.5, 0.6) is 5.75 Å². The molecule has 236 valence electrons. The highest BCUT2D eigenvalue weighted by Crippen LogP contribution is 2.60. The normalized spacial score (nSPS) is 18.2. The summed E-state index contributed by atoms with van der Waals surface area (Å²) >= 11 is 0. The summed E-state index contributed by atoms with van der Waals surface area (Å²) in [5, 5.41) is 5.27. The van der Waals surface area contributed by atoms with Crippen LogP contribution in [-0.4, -0.2) is 52.4 Å². The third-order valence-corrected chi connectivity index (χ3v) is 8.28. The number of aliphatic imine (C=N–C) groups is 1. The van der Waals surface area contributed by atoms with Crippen molar-refractivity contribution in [3.8, 4) is 5.75 Å². The number of aromatic nitrogens is 2. The summed E-state index contributed by atoms with van der Waals surface area (Å²) in [6.07, 6.45) is -2.22. The summed E-state index contributed by atoms with van der Waals surface area (Å²) in [4.78, 5) is 47.0. The van der Waals surface area contributed by atoms with E-state index in [1.807, 2.05) is 72.8 Å². The maximum Gasteiger partial charge on any atom is 0.435 e. The topological polar surface area (TPSA) is 112 Å². The van der Waals surface area contributed by atoms with Crippen molar-refractivity contribution >= 4 is 46.2 Å². The van der Waals surface area contributed by atoms with Crippen LogP contribution < -0.4 is 9.64 Å². The number of rotatable bonds is 5. The Balaban J connectivity index is 1.24. The zero-order valence-corrected chi connectivity index (χ0v) is 26.3. The number of imide groups is 1. The first kappa shape index (κ1) is 29.9. The molecule has 0 saturated heterocycles. The van der Waals surface area contributed by atoms with Gasteiger partial charge in [-0.05, 0) is 56.7 Å². The van der Waals surface area contributed by atoms with Gasteiger partial charge in [0.15, 0.2) is 5.82 Å². The summed E-state index contributed by atoms with van der Waals surface area (Å²) < 4.78 is 18.1. The molecular weight excluding hydrogens is 596 g/mol. The van der Waals surface area contributed by atoms with Crippen molar-refractivity contribution in [2.75, 3.05) is 12.0 Å². The molecule has 10 nitrogen and oxygen atoms in total. The zero-order valence-electron chi connectivity index (χ0n) is 26.3. The Kier molecular flexibility index (Phi) is 7.15. The molecule has 2 atom stereocenters. The van der Waals surface area contributed by atoms with E-state index >= 15 is 0 Å². The Labute approximate surface area is 271 Å². The van der Waals surface area contributed by atoms with Crippen LogP contribution >= 0.6 is 0 Å². The number of fused-ring (bicyclic) bond motifs is 3. The molecule has 1 spiro atoms. The number of amides is 2. The average molecular weight is 629 g/mol. The Morgan fingerprint density at radius 1 is 0.872 bits per heavy atom. The molecule has 1 fully saturated rings. The highest BCUT2D eigenvalue weighted by atomic mass is 16.6. The number of anilines is 1. The van der Waals surface area contributed by atoms with Crippen molar-refractivity contribution in [3.63, 3.8) is 0 Å². The standard InChI is InChI=1S/C37H32N4O6/c1-36(2,3)47-34(43)40-29-20-19-25(45-4)21-27(29)37(33(40)42)22-30(37)46-35(44)41-28-18-12-11-17-26(28)32(39-41)38-31(23-13-7-5-8-14-23)24-15-9-6-10-16-24/h5-21,30H,22H2,1-4H3/t30-,37+/m0/s1. The molecule has 5 aromatic rings. The van der Waals surface area contributed by atoms with Gasteiger partial charge in [0.25, 0.3) is 5.91 Å². The number of ether oxygens (including phenoxy) is 3. The molecule has 0 unspecified atom stereocenters. The van der Waals surface area contributed by atoms with Crippen molar-refractivity contribution in [2.45, 2.75) is 44.3 Å². The van der Waals surface area contributed by atoms with Gasteiger partial charge in [0.2, 0.25) is 0 Å². The van der Waals surface area contributed by atoms with Gasteiger partial charge in [0.05, 0.1) is 24.0 Å². The van der Waals surface area contributed by atoms with E-state index in [1.54, 1.807) is 51.1 Å². The van der Waals surface area contributed by atoms with Gasteiger partial charge in [-0.1, -0.05) is 72.8 Å². The van der Waals surface area contributed by atoms with Gasteiger partial charge in [-0.3, -0.25) is 4.79 Å². The largest absolute Gasteiger partial charge is 0.497 e. The van der Waals surface area contributed by atoms with Crippen LogP contribution in [0.3, 0.4) is 0 Å². The minimum Gasteiger partial charge on any atom is -0.497 e. The lowest BCUT2D eigenvalue weighted by Gasteiger charge is -2.24. The summed E-state index contributed by atoms with van der Waals surface area (Å²) in [6.45, 7) is 5.19. The van der Waals surface area contributed by atoms with E-state index in [0.29, 0.717) is 39.4 Å². The average Bonchev–Trinajstić information content (AvgIpc) is 3.58. The van der Waals surface area contributed by atoms with E-state index in [4.69, 9.17) is 19.2 Å².